The van der Waals surface area contributed by atoms with E-state index in [4.69, 9.17) is 16.3 Å². The topological polar surface area (TPSA) is 38.3 Å². The van der Waals surface area contributed by atoms with Gasteiger partial charge in [-0.3, -0.25) is 4.79 Å². The zero-order valence-corrected chi connectivity index (χ0v) is 13.1. The van der Waals surface area contributed by atoms with E-state index in [2.05, 4.69) is 5.32 Å². The molecule has 1 aliphatic rings. The number of benzene rings is 2. The second-order valence-electron chi connectivity index (χ2n) is 5.39. The molecule has 1 heterocycles. The third kappa shape index (κ3) is 3.33. The second-order valence-corrected chi connectivity index (χ2v) is 5.83. The average molecular weight is 356 g/mol. The minimum atomic E-state index is -4.59. The molecule has 0 aliphatic carbocycles. The summed E-state index contributed by atoms with van der Waals surface area (Å²) in [4.78, 5) is 12.4. The van der Waals surface area contributed by atoms with Gasteiger partial charge in [-0.25, -0.2) is 0 Å². The van der Waals surface area contributed by atoms with Crippen molar-refractivity contribution in [2.75, 3.05) is 6.61 Å². The number of carbonyl (C=O) groups is 1. The van der Waals surface area contributed by atoms with Crippen LogP contribution in [0.5, 0.6) is 5.75 Å². The van der Waals surface area contributed by atoms with Crippen molar-refractivity contribution in [3.05, 3.63) is 64.2 Å². The highest BCUT2D eigenvalue weighted by Crippen LogP contribution is 2.35. The van der Waals surface area contributed by atoms with E-state index in [-0.39, 0.29) is 0 Å². The molecular weight excluding hydrogens is 343 g/mol. The molecule has 0 saturated carbocycles. The van der Waals surface area contributed by atoms with Crippen molar-refractivity contribution in [1.29, 1.82) is 0 Å². The first-order valence-electron chi connectivity index (χ1n) is 7.25. The van der Waals surface area contributed by atoms with Gasteiger partial charge in [-0.2, -0.15) is 13.2 Å². The number of halogens is 4. The summed E-state index contributed by atoms with van der Waals surface area (Å²) in [5.74, 6) is -0.208. The third-order valence-corrected chi connectivity index (χ3v) is 4.03. The maximum Gasteiger partial charge on any atom is 0.417 e. The summed E-state index contributed by atoms with van der Waals surface area (Å²) in [6.45, 7) is 0.362. The van der Waals surface area contributed by atoms with E-state index < -0.39 is 29.3 Å². The van der Waals surface area contributed by atoms with Gasteiger partial charge in [0.1, 0.15) is 5.75 Å². The van der Waals surface area contributed by atoms with Gasteiger partial charge in [0, 0.05) is 17.0 Å². The number of hydrogen-bond donors (Lipinski definition) is 1. The molecule has 0 fully saturated rings. The number of ether oxygens (including phenoxy) is 1. The molecule has 0 radical (unpaired) electrons. The Labute approximate surface area is 141 Å². The van der Waals surface area contributed by atoms with E-state index in [1.165, 1.54) is 12.1 Å². The van der Waals surface area contributed by atoms with Crippen molar-refractivity contribution >= 4 is 17.5 Å². The maximum atomic E-state index is 13.1. The van der Waals surface area contributed by atoms with Gasteiger partial charge in [0.2, 0.25) is 0 Å². The molecule has 1 aliphatic heterocycles. The fraction of sp³-hybridized carbons (Fsp3) is 0.235. The highest BCUT2D eigenvalue weighted by atomic mass is 35.5. The van der Waals surface area contributed by atoms with Crippen molar-refractivity contribution in [1.82, 2.24) is 5.32 Å². The molecule has 2 aromatic carbocycles. The van der Waals surface area contributed by atoms with Gasteiger partial charge in [-0.15, -0.1) is 0 Å². The van der Waals surface area contributed by atoms with Gasteiger partial charge in [-0.1, -0.05) is 23.7 Å². The lowest BCUT2D eigenvalue weighted by molar-refractivity contribution is -0.137. The van der Waals surface area contributed by atoms with E-state index in [0.29, 0.717) is 29.4 Å². The largest absolute Gasteiger partial charge is 0.493 e. The minimum absolute atomic E-state index is 0.362. The SMILES string of the molecule is O=C(NC1CCOc2ccc(Cl)cc21)c1ccccc1C(F)(F)F. The molecular formula is C17H13ClF3NO2. The van der Waals surface area contributed by atoms with E-state index in [9.17, 15) is 18.0 Å². The lowest BCUT2D eigenvalue weighted by Crippen LogP contribution is -2.33. The van der Waals surface area contributed by atoms with E-state index in [1.54, 1.807) is 18.2 Å². The fourth-order valence-corrected chi connectivity index (χ4v) is 2.86. The summed E-state index contributed by atoms with van der Waals surface area (Å²) < 4.78 is 44.7. The molecule has 1 atom stereocenters. The number of nitrogens with one attached hydrogen (secondary N) is 1. The van der Waals surface area contributed by atoms with Crippen molar-refractivity contribution in [3.63, 3.8) is 0 Å². The Hall–Kier alpha value is -2.21. The summed E-state index contributed by atoms with van der Waals surface area (Å²) in [5, 5.41) is 3.12. The monoisotopic (exact) mass is 355 g/mol. The molecule has 24 heavy (non-hydrogen) atoms. The van der Waals surface area contributed by atoms with Gasteiger partial charge < -0.3 is 10.1 Å². The molecule has 0 saturated heterocycles. The van der Waals surface area contributed by atoms with Crippen LogP contribution in [0.25, 0.3) is 0 Å². The van der Waals surface area contributed by atoms with Gasteiger partial charge in [-0.05, 0) is 30.3 Å². The summed E-state index contributed by atoms with van der Waals surface area (Å²) in [6, 6.07) is 9.24. The van der Waals surface area contributed by atoms with Crippen molar-refractivity contribution in [3.8, 4) is 5.75 Å². The van der Waals surface area contributed by atoms with Crippen LogP contribution in [0.3, 0.4) is 0 Å². The van der Waals surface area contributed by atoms with Crippen LogP contribution in [-0.4, -0.2) is 12.5 Å². The summed E-state index contributed by atoms with van der Waals surface area (Å²) in [5.41, 5.74) is -0.701. The van der Waals surface area contributed by atoms with Gasteiger partial charge in [0.25, 0.3) is 5.91 Å². The van der Waals surface area contributed by atoms with E-state index in [0.717, 1.165) is 12.1 Å². The maximum absolute atomic E-state index is 13.1. The minimum Gasteiger partial charge on any atom is -0.493 e. The van der Waals surface area contributed by atoms with Crippen molar-refractivity contribution in [2.24, 2.45) is 0 Å². The number of amides is 1. The van der Waals surface area contributed by atoms with Crippen LogP contribution in [-0.2, 0) is 6.18 Å². The Morgan fingerprint density at radius 1 is 1.21 bits per heavy atom. The number of rotatable bonds is 2. The average Bonchev–Trinajstić information content (AvgIpc) is 2.54. The smallest absolute Gasteiger partial charge is 0.417 e. The molecule has 1 N–H and O–H groups in total. The van der Waals surface area contributed by atoms with Crippen LogP contribution in [0.4, 0.5) is 13.2 Å². The van der Waals surface area contributed by atoms with Crippen LogP contribution < -0.4 is 10.1 Å². The van der Waals surface area contributed by atoms with Crippen molar-refractivity contribution < 1.29 is 22.7 Å². The van der Waals surface area contributed by atoms with Gasteiger partial charge >= 0.3 is 6.18 Å². The second kappa shape index (κ2) is 6.36. The molecule has 0 aromatic heterocycles. The fourth-order valence-electron chi connectivity index (χ4n) is 2.68. The number of alkyl halides is 3. The van der Waals surface area contributed by atoms with Crippen LogP contribution in [0, 0.1) is 0 Å². The molecule has 7 heteroatoms. The van der Waals surface area contributed by atoms with Gasteiger partial charge in [0.15, 0.2) is 0 Å². The van der Waals surface area contributed by atoms with Crippen molar-refractivity contribution in [2.45, 2.75) is 18.6 Å². The molecule has 2 aromatic rings. The van der Waals surface area contributed by atoms with Crippen LogP contribution in [0.15, 0.2) is 42.5 Å². The molecule has 0 bridgehead atoms. The predicted octanol–water partition coefficient (Wildman–Crippen LogP) is 4.61. The molecule has 0 spiro atoms. The van der Waals surface area contributed by atoms with Crippen LogP contribution >= 0.6 is 11.6 Å². The molecule has 126 valence electrons. The predicted molar refractivity (Wildman–Crippen MR) is 83.2 cm³/mol. The Bertz CT molecular complexity index is 777. The quantitative estimate of drug-likeness (QED) is 0.854. The molecule has 3 rings (SSSR count). The Balaban J connectivity index is 1.89. The number of fused-ring (bicyclic) bond motifs is 1. The Kier molecular flexibility index (Phi) is 4.41. The third-order valence-electron chi connectivity index (χ3n) is 3.79. The lowest BCUT2D eigenvalue weighted by atomic mass is 9.99. The standard InChI is InChI=1S/C17H13ClF3NO2/c18-10-5-6-15-12(9-10)14(7-8-24-15)22-16(23)11-3-1-2-4-13(11)17(19,20)21/h1-6,9,14H,7-8H2,(H,22,23). The summed E-state index contributed by atoms with van der Waals surface area (Å²) in [6.07, 6.45) is -4.14. The van der Waals surface area contributed by atoms with Gasteiger partial charge in [0.05, 0.1) is 23.8 Å². The molecule has 1 amide bonds. The molecule has 1 unspecified atom stereocenters. The highest BCUT2D eigenvalue weighted by molar-refractivity contribution is 6.30. The highest BCUT2D eigenvalue weighted by Gasteiger charge is 2.35. The first-order chi connectivity index (χ1) is 11.4. The first-order valence-corrected chi connectivity index (χ1v) is 7.63. The number of carbonyl (C=O) groups excluding carboxylic acids is 1. The van der Waals surface area contributed by atoms with E-state index >= 15 is 0 Å². The zero-order chi connectivity index (χ0) is 17.3. The zero-order valence-electron chi connectivity index (χ0n) is 12.4. The van der Waals surface area contributed by atoms with Crippen LogP contribution in [0.1, 0.15) is 33.9 Å². The van der Waals surface area contributed by atoms with E-state index in [1.807, 2.05) is 0 Å². The normalized spacial score (nSPS) is 16.9. The Morgan fingerprint density at radius 2 is 1.96 bits per heavy atom. The number of hydrogen-bond acceptors (Lipinski definition) is 2. The first kappa shape index (κ1) is 16.6. The molecule has 3 nitrogen and oxygen atoms in total. The van der Waals surface area contributed by atoms with Crippen LogP contribution in [0.2, 0.25) is 5.02 Å². The summed E-state index contributed by atoms with van der Waals surface area (Å²) >= 11 is 5.96. The Morgan fingerprint density at radius 3 is 2.71 bits per heavy atom. The summed E-state index contributed by atoms with van der Waals surface area (Å²) in [7, 11) is 0. The lowest BCUT2D eigenvalue weighted by Gasteiger charge is -2.27.